The number of hydrogen-bond donors (Lipinski definition) is 4. The monoisotopic (exact) mass is 498 g/mol. The number of nitrogens with one attached hydrogen (secondary N) is 2. The van der Waals surface area contributed by atoms with Crippen molar-refractivity contribution in [2.24, 2.45) is 10.4 Å². The van der Waals surface area contributed by atoms with Gasteiger partial charge in [-0.15, -0.1) is 0 Å². The fourth-order valence-corrected chi connectivity index (χ4v) is 4.72. The van der Waals surface area contributed by atoms with Crippen LogP contribution in [0.1, 0.15) is 51.4 Å². The zero-order valence-electron chi connectivity index (χ0n) is 20.7. The summed E-state index contributed by atoms with van der Waals surface area (Å²) in [6.45, 7) is 7.19. The largest absolute Gasteiger partial charge is 0.507 e. The van der Waals surface area contributed by atoms with Crippen molar-refractivity contribution in [2.75, 3.05) is 18.4 Å². The highest BCUT2D eigenvalue weighted by Crippen LogP contribution is 2.40. The molecule has 0 spiro atoms. The molecule has 1 fully saturated rings. The normalized spacial score (nSPS) is 23.5. The number of likely N-dealkylation sites (tertiary alicyclic amines) is 1. The standard InChI is InChI=1S/C26H31FN4O5/c1-5-26(23(33)36-25(2,3)4)14-31(24(34)35)13-20(26)29-21-16-8-6-7-9-18(16)28-22(30-21)17-12-15(27)10-11-19(17)32/h6-12,20-21,29,32H,5,13-14H2,1-4H3,(H,28,30)(H,34,35). The summed E-state index contributed by atoms with van der Waals surface area (Å²) in [6, 6.07) is 10.3. The molecular weight excluding hydrogens is 467 g/mol. The Morgan fingerprint density at radius 3 is 2.67 bits per heavy atom. The van der Waals surface area contributed by atoms with Gasteiger partial charge in [0, 0.05) is 30.4 Å². The minimum atomic E-state index is -1.14. The van der Waals surface area contributed by atoms with E-state index >= 15 is 0 Å². The molecule has 1 amide bonds. The number of hydrogen-bond acceptors (Lipinski definition) is 7. The van der Waals surface area contributed by atoms with Gasteiger partial charge in [0.15, 0.2) is 0 Å². The lowest BCUT2D eigenvalue weighted by Gasteiger charge is -2.36. The molecule has 10 heteroatoms. The van der Waals surface area contributed by atoms with Gasteiger partial charge in [-0.05, 0) is 51.5 Å². The zero-order chi connectivity index (χ0) is 26.3. The van der Waals surface area contributed by atoms with E-state index in [0.717, 1.165) is 11.6 Å². The number of amidine groups is 1. The van der Waals surface area contributed by atoms with Gasteiger partial charge in [0.05, 0.1) is 5.56 Å². The number of fused-ring (bicyclic) bond motifs is 1. The van der Waals surface area contributed by atoms with Crippen LogP contribution in [0.15, 0.2) is 47.5 Å². The van der Waals surface area contributed by atoms with Crippen molar-refractivity contribution >= 4 is 23.6 Å². The van der Waals surface area contributed by atoms with Crippen LogP contribution in [0.2, 0.25) is 0 Å². The van der Waals surface area contributed by atoms with Crippen LogP contribution in [0, 0.1) is 11.2 Å². The molecule has 192 valence electrons. The third kappa shape index (κ3) is 4.86. The number of carbonyl (C=O) groups excluding carboxylic acids is 1. The van der Waals surface area contributed by atoms with Crippen molar-refractivity contribution in [2.45, 2.75) is 51.9 Å². The first-order valence-corrected chi connectivity index (χ1v) is 11.8. The van der Waals surface area contributed by atoms with E-state index in [0.29, 0.717) is 12.1 Å². The van der Waals surface area contributed by atoms with Gasteiger partial charge in [0.2, 0.25) is 0 Å². The molecule has 2 aromatic carbocycles. The van der Waals surface area contributed by atoms with Crippen molar-refractivity contribution < 1.29 is 28.9 Å². The lowest BCUT2D eigenvalue weighted by atomic mass is 9.79. The lowest BCUT2D eigenvalue weighted by molar-refractivity contribution is -0.168. The minimum absolute atomic E-state index is 0.0146. The molecule has 2 aliphatic rings. The lowest BCUT2D eigenvalue weighted by Crippen LogP contribution is -2.52. The summed E-state index contributed by atoms with van der Waals surface area (Å²) in [5.41, 5.74) is -0.246. The molecule has 9 nitrogen and oxygen atoms in total. The highest BCUT2D eigenvalue weighted by Gasteiger charge is 2.55. The van der Waals surface area contributed by atoms with E-state index in [-0.39, 0.29) is 30.2 Å². The van der Waals surface area contributed by atoms with Gasteiger partial charge in [-0.3, -0.25) is 10.1 Å². The number of phenolic OH excluding ortho intramolecular Hbond substituents is 1. The van der Waals surface area contributed by atoms with E-state index < -0.39 is 41.1 Å². The second-order valence-corrected chi connectivity index (χ2v) is 10.1. The molecule has 0 saturated carbocycles. The Labute approximate surface area is 209 Å². The van der Waals surface area contributed by atoms with Crippen LogP contribution in [0.25, 0.3) is 0 Å². The molecule has 0 aromatic heterocycles. The van der Waals surface area contributed by atoms with Crippen molar-refractivity contribution in [1.29, 1.82) is 0 Å². The maximum Gasteiger partial charge on any atom is 0.407 e. The fourth-order valence-electron chi connectivity index (χ4n) is 4.72. The average Bonchev–Trinajstić information content (AvgIpc) is 3.19. The Morgan fingerprint density at radius 2 is 2.00 bits per heavy atom. The Balaban J connectivity index is 1.75. The highest BCUT2D eigenvalue weighted by molar-refractivity contribution is 6.11. The number of esters is 1. The number of rotatable bonds is 5. The van der Waals surface area contributed by atoms with E-state index in [9.17, 15) is 24.2 Å². The van der Waals surface area contributed by atoms with E-state index in [2.05, 4.69) is 10.6 Å². The van der Waals surface area contributed by atoms with Crippen molar-refractivity contribution in [3.63, 3.8) is 0 Å². The van der Waals surface area contributed by atoms with Crippen LogP contribution in [0.5, 0.6) is 5.75 Å². The molecule has 2 aromatic rings. The first-order valence-electron chi connectivity index (χ1n) is 11.8. The van der Waals surface area contributed by atoms with E-state index in [1.165, 1.54) is 17.0 Å². The van der Waals surface area contributed by atoms with E-state index in [4.69, 9.17) is 9.73 Å². The topological polar surface area (TPSA) is 123 Å². The van der Waals surface area contributed by atoms with Crippen LogP contribution in [-0.4, -0.2) is 57.7 Å². The Morgan fingerprint density at radius 1 is 1.28 bits per heavy atom. The van der Waals surface area contributed by atoms with Crippen molar-refractivity contribution in [3.05, 3.63) is 59.4 Å². The summed E-state index contributed by atoms with van der Waals surface area (Å²) < 4.78 is 19.7. The van der Waals surface area contributed by atoms with Crippen LogP contribution >= 0.6 is 0 Å². The van der Waals surface area contributed by atoms with Crippen LogP contribution in [0.4, 0.5) is 14.9 Å². The van der Waals surface area contributed by atoms with Crippen molar-refractivity contribution in [3.8, 4) is 5.75 Å². The van der Waals surface area contributed by atoms with Crippen molar-refractivity contribution in [1.82, 2.24) is 10.2 Å². The van der Waals surface area contributed by atoms with Gasteiger partial charge in [0.1, 0.15) is 34.6 Å². The fraction of sp³-hybridized carbons (Fsp3) is 0.423. The summed E-state index contributed by atoms with van der Waals surface area (Å²) in [4.78, 5) is 31.3. The van der Waals surface area contributed by atoms with E-state index in [1.54, 1.807) is 20.8 Å². The Bertz CT molecular complexity index is 1210. The molecule has 3 atom stereocenters. The van der Waals surface area contributed by atoms with Gasteiger partial charge < -0.3 is 25.2 Å². The summed E-state index contributed by atoms with van der Waals surface area (Å²) in [7, 11) is 0. The SMILES string of the molecule is CCC1(C(=O)OC(C)(C)C)CN(C(=O)O)CC1NC1N=C(c2cc(F)ccc2O)Nc2ccccc21. The maximum absolute atomic E-state index is 14.0. The second-order valence-electron chi connectivity index (χ2n) is 10.1. The molecule has 2 heterocycles. The molecule has 3 unspecified atom stereocenters. The number of benzene rings is 2. The summed E-state index contributed by atoms with van der Waals surface area (Å²) in [5, 5.41) is 26.6. The maximum atomic E-state index is 14.0. The molecule has 36 heavy (non-hydrogen) atoms. The first kappa shape index (κ1) is 25.4. The molecule has 2 aliphatic heterocycles. The molecular formula is C26H31FN4O5. The summed E-state index contributed by atoms with van der Waals surface area (Å²) >= 11 is 0. The van der Waals surface area contributed by atoms with Gasteiger partial charge in [0.25, 0.3) is 0 Å². The number of anilines is 1. The predicted octanol–water partition coefficient (Wildman–Crippen LogP) is 4.09. The summed E-state index contributed by atoms with van der Waals surface area (Å²) in [6.07, 6.45) is -1.48. The number of carboxylic acid groups (broad SMARTS) is 1. The molecule has 1 saturated heterocycles. The van der Waals surface area contributed by atoms with E-state index in [1.807, 2.05) is 31.2 Å². The number of phenols is 1. The number of nitrogens with zero attached hydrogens (tertiary/aromatic N) is 2. The molecule has 0 radical (unpaired) electrons. The van der Waals surface area contributed by atoms with Gasteiger partial charge in [-0.1, -0.05) is 25.1 Å². The number of para-hydroxylation sites is 1. The predicted molar refractivity (Wildman–Crippen MR) is 132 cm³/mol. The number of aliphatic imine (C=N–C) groups is 1. The Kier molecular flexibility index (Phi) is 6.66. The van der Waals surface area contributed by atoms with Crippen LogP contribution in [-0.2, 0) is 9.53 Å². The van der Waals surface area contributed by atoms with Crippen LogP contribution < -0.4 is 10.6 Å². The van der Waals surface area contributed by atoms with Gasteiger partial charge in [-0.25, -0.2) is 14.2 Å². The molecule has 0 aliphatic carbocycles. The highest BCUT2D eigenvalue weighted by atomic mass is 19.1. The molecule has 0 bridgehead atoms. The second kappa shape index (κ2) is 9.42. The number of carbonyl (C=O) groups is 2. The molecule has 4 rings (SSSR count). The first-order chi connectivity index (χ1) is 16.9. The third-order valence-corrected chi connectivity index (χ3v) is 6.59. The minimum Gasteiger partial charge on any atom is -0.507 e. The quantitative estimate of drug-likeness (QED) is 0.458. The number of aromatic hydroxyl groups is 1. The summed E-state index contributed by atoms with van der Waals surface area (Å²) in [5.74, 6) is -0.905. The average molecular weight is 499 g/mol. The van der Waals surface area contributed by atoms with Gasteiger partial charge >= 0.3 is 12.1 Å². The van der Waals surface area contributed by atoms with Crippen LogP contribution in [0.3, 0.4) is 0 Å². The third-order valence-electron chi connectivity index (χ3n) is 6.59. The smallest absolute Gasteiger partial charge is 0.407 e. The Hall–Kier alpha value is -3.66. The number of halogens is 1. The van der Waals surface area contributed by atoms with Gasteiger partial charge in [-0.2, -0.15) is 0 Å². The number of amides is 1. The zero-order valence-corrected chi connectivity index (χ0v) is 20.7. The molecule has 4 N–H and O–H groups in total. The number of ether oxygens (including phenoxy) is 1.